The summed E-state index contributed by atoms with van der Waals surface area (Å²) in [5, 5.41) is 3.08. The zero-order chi connectivity index (χ0) is 18.8. The van der Waals surface area contributed by atoms with Crippen molar-refractivity contribution < 1.29 is 9.59 Å². The number of nitrogens with one attached hydrogen (secondary N) is 1. The molecule has 1 aliphatic heterocycles. The van der Waals surface area contributed by atoms with Crippen LogP contribution in [0.25, 0.3) is 0 Å². The van der Waals surface area contributed by atoms with Gasteiger partial charge in [0, 0.05) is 24.2 Å². The molecule has 0 spiro atoms. The van der Waals surface area contributed by atoms with Gasteiger partial charge in [-0.3, -0.25) is 9.59 Å². The van der Waals surface area contributed by atoms with Gasteiger partial charge in [-0.25, -0.2) is 0 Å². The second-order valence-electron chi connectivity index (χ2n) is 7.18. The Hall–Kier alpha value is -2.62. The van der Waals surface area contributed by atoms with Crippen molar-refractivity contribution in [2.45, 2.75) is 46.6 Å². The Bertz CT molecular complexity index is 840. The van der Waals surface area contributed by atoms with Crippen LogP contribution in [0.5, 0.6) is 0 Å². The lowest BCUT2D eigenvalue weighted by Gasteiger charge is -2.19. The molecule has 0 aromatic heterocycles. The normalized spacial score (nSPS) is 15.2. The van der Waals surface area contributed by atoms with Crippen molar-refractivity contribution in [3.05, 3.63) is 64.2 Å². The van der Waals surface area contributed by atoms with E-state index in [0.717, 1.165) is 24.2 Å². The SMILES string of the molecule is Cc1cc(C)c(C(C)NC(=O)c2ccc(N3CCCC3=O)cc2)cc1C. The molecule has 4 nitrogen and oxygen atoms in total. The summed E-state index contributed by atoms with van der Waals surface area (Å²) in [5.74, 6) is 0.0514. The summed E-state index contributed by atoms with van der Waals surface area (Å²) in [7, 11) is 0. The van der Waals surface area contributed by atoms with Crippen LogP contribution in [0.2, 0.25) is 0 Å². The molecule has 1 atom stereocenters. The van der Waals surface area contributed by atoms with Crippen LogP contribution in [-0.4, -0.2) is 18.4 Å². The number of carbonyl (C=O) groups excluding carboxylic acids is 2. The van der Waals surface area contributed by atoms with E-state index in [-0.39, 0.29) is 17.9 Å². The first-order valence-corrected chi connectivity index (χ1v) is 9.16. The van der Waals surface area contributed by atoms with Crippen molar-refractivity contribution in [3.8, 4) is 0 Å². The third kappa shape index (κ3) is 3.64. The quantitative estimate of drug-likeness (QED) is 0.897. The van der Waals surface area contributed by atoms with Crippen LogP contribution >= 0.6 is 0 Å². The zero-order valence-electron chi connectivity index (χ0n) is 15.9. The average molecular weight is 350 g/mol. The highest BCUT2D eigenvalue weighted by Crippen LogP contribution is 2.24. The predicted octanol–water partition coefficient (Wildman–Crippen LogP) is 4.23. The van der Waals surface area contributed by atoms with Crippen LogP contribution in [0.4, 0.5) is 5.69 Å². The molecule has 4 heteroatoms. The number of rotatable bonds is 4. The summed E-state index contributed by atoms with van der Waals surface area (Å²) in [6.07, 6.45) is 1.50. The molecule has 1 saturated heterocycles. The molecule has 3 rings (SSSR count). The number of hydrogen-bond donors (Lipinski definition) is 1. The van der Waals surface area contributed by atoms with Gasteiger partial charge in [-0.1, -0.05) is 12.1 Å². The van der Waals surface area contributed by atoms with Crippen LogP contribution in [-0.2, 0) is 4.79 Å². The first kappa shape index (κ1) is 18.2. The molecule has 26 heavy (non-hydrogen) atoms. The fourth-order valence-electron chi connectivity index (χ4n) is 3.52. The summed E-state index contributed by atoms with van der Waals surface area (Å²) in [6, 6.07) is 11.5. The van der Waals surface area contributed by atoms with Crippen LogP contribution < -0.4 is 10.2 Å². The maximum atomic E-state index is 12.6. The molecule has 2 aromatic carbocycles. The smallest absolute Gasteiger partial charge is 0.251 e. The van der Waals surface area contributed by atoms with Crippen molar-refractivity contribution in [1.29, 1.82) is 0 Å². The molecule has 1 aliphatic rings. The highest BCUT2D eigenvalue weighted by Gasteiger charge is 2.22. The van der Waals surface area contributed by atoms with Crippen molar-refractivity contribution in [2.75, 3.05) is 11.4 Å². The number of benzene rings is 2. The summed E-state index contributed by atoms with van der Waals surface area (Å²) in [6.45, 7) is 9.03. The molecule has 1 heterocycles. The van der Waals surface area contributed by atoms with Gasteiger partial charge in [-0.2, -0.15) is 0 Å². The van der Waals surface area contributed by atoms with E-state index < -0.39 is 0 Å². The molecule has 0 radical (unpaired) electrons. The van der Waals surface area contributed by atoms with E-state index in [1.807, 2.05) is 19.1 Å². The predicted molar refractivity (Wildman–Crippen MR) is 105 cm³/mol. The summed E-state index contributed by atoms with van der Waals surface area (Å²) < 4.78 is 0. The van der Waals surface area contributed by atoms with Crippen LogP contribution in [0, 0.1) is 20.8 Å². The van der Waals surface area contributed by atoms with Gasteiger partial charge in [0.2, 0.25) is 5.91 Å². The van der Waals surface area contributed by atoms with E-state index in [4.69, 9.17) is 0 Å². The fourth-order valence-corrected chi connectivity index (χ4v) is 3.52. The van der Waals surface area contributed by atoms with Gasteiger partial charge in [-0.05, 0) is 80.6 Å². The van der Waals surface area contributed by atoms with Gasteiger partial charge < -0.3 is 10.2 Å². The van der Waals surface area contributed by atoms with E-state index in [9.17, 15) is 9.59 Å². The molecule has 0 aliphatic carbocycles. The van der Waals surface area contributed by atoms with Gasteiger partial charge in [0.05, 0.1) is 6.04 Å². The molecule has 1 unspecified atom stereocenters. The third-order valence-corrected chi connectivity index (χ3v) is 5.21. The van der Waals surface area contributed by atoms with Gasteiger partial charge in [0.15, 0.2) is 0 Å². The standard InChI is InChI=1S/C22H26N2O2/c1-14-12-16(3)20(13-15(14)2)17(4)23-22(26)18-7-9-19(10-8-18)24-11-5-6-21(24)25/h7-10,12-13,17H,5-6,11H2,1-4H3,(H,23,26). The summed E-state index contributed by atoms with van der Waals surface area (Å²) in [4.78, 5) is 26.2. The van der Waals surface area contributed by atoms with Gasteiger partial charge >= 0.3 is 0 Å². The zero-order valence-corrected chi connectivity index (χ0v) is 15.9. The first-order chi connectivity index (χ1) is 12.4. The molecule has 1 N–H and O–H groups in total. The second-order valence-corrected chi connectivity index (χ2v) is 7.18. The minimum absolute atomic E-state index is 0.0679. The maximum absolute atomic E-state index is 12.6. The Morgan fingerprint density at radius 2 is 1.69 bits per heavy atom. The largest absolute Gasteiger partial charge is 0.346 e. The lowest BCUT2D eigenvalue weighted by atomic mass is 9.96. The first-order valence-electron chi connectivity index (χ1n) is 9.16. The van der Waals surface area contributed by atoms with E-state index in [2.05, 4.69) is 38.2 Å². The minimum Gasteiger partial charge on any atom is -0.346 e. The fraction of sp³-hybridized carbons (Fsp3) is 0.364. The maximum Gasteiger partial charge on any atom is 0.251 e. The van der Waals surface area contributed by atoms with Crippen LogP contribution in [0.1, 0.15) is 58.4 Å². The van der Waals surface area contributed by atoms with Gasteiger partial charge in [-0.15, -0.1) is 0 Å². The highest BCUT2D eigenvalue weighted by atomic mass is 16.2. The molecule has 0 bridgehead atoms. The Kier molecular flexibility index (Phi) is 5.12. The number of amides is 2. The molecule has 136 valence electrons. The van der Waals surface area contributed by atoms with E-state index in [1.165, 1.54) is 16.7 Å². The van der Waals surface area contributed by atoms with E-state index in [0.29, 0.717) is 12.0 Å². The number of aryl methyl sites for hydroxylation is 3. The number of nitrogens with zero attached hydrogens (tertiary/aromatic N) is 1. The monoisotopic (exact) mass is 350 g/mol. The molecule has 0 saturated carbocycles. The lowest BCUT2D eigenvalue weighted by Crippen LogP contribution is -2.27. The van der Waals surface area contributed by atoms with Crippen LogP contribution in [0.15, 0.2) is 36.4 Å². The molecular weight excluding hydrogens is 324 g/mol. The minimum atomic E-state index is -0.102. The Labute approximate surface area is 155 Å². The Morgan fingerprint density at radius 1 is 1.04 bits per heavy atom. The van der Waals surface area contributed by atoms with Crippen LogP contribution in [0.3, 0.4) is 0 Å². The Morgan fingerprint density at radius 3 is 2.31 bits per heavy atom. The molecule has 2 aromatic rings. The topological polar surface area (TPSA) is 49.4 Å². The second kappa shape index (κ2) is 7.32. The summed E-state index contributed by atoms with van der Waals surface area (Å²) in [5.41, 5.74) is 6.28. The molecular formula is C22H26N2O2. The van der Waals surface area contributed by atoms with Crippen molar-refractivity contribution in [1.82, 2.24) is 5.32 Å². The Balaban J connectivity index is 1.71. The average Bonchev–Trinajstić information content (AvgIpc) is 3.04. The summed E-state index contributed by atoms with van der Waals surface area (Å²) >= 11 is 0. The van der Waals surface area contributed by atoms with Crippen molar-refractivity contribution in [2.24, 2.45) is 0 Å². The highest BCUT2D eigenvalue weighted by molar-refractivity contribution is 5.97. The lowest BCUT2D eigenvalue weighted by molar-refractivity contribution is -0.117. The van der Waals surface area contributed by atoms with Gasteiger partial charge in [0.1, 0.15) is 0 Å². The van der Waals surface area contributed by atoms with E-state index >= 15 is 0 Å². The number of hydrogen-bond acceptors (Lipinski definition) is 2. The van der Waals surface area contributed by atoms with Crippen molar-refractivity contribution >= 4 is 17.5 Å². The number of carbonyl (C=O) groups is 2. The van der Waals surface area contributed by atoms with E-state index in [1.54, 1.807) is 17.0 Å². The van der Waals surface area contributed by atoms with Gasteiger partial charge in [0.25, 0.3) is 5.91 Å². The molecule has 1 fully saturated rings. The number of anilines is 1. The third-order valence-electron chi connectivity index (χ3n) is 5.21. The van der Waals surface area contributed by atoms with Crippen molar-refractivity contribution in [3.63, 3.8) is 0 Å². The molecule has 2 amide bonds.